The molecular formula is C67H106N6O4. The molecule has 0 aromatic heterocycles. The zero-order valence-corrected chi connectivity index (χ0v) is 49.5. The molecule has 428 valence electrons. The van der Waals surface area contributed by atoms with E-state index in [2.05, 4.69) is 203 Å². The van der Waals surface area contributed by atoms with Crippen molar-refractivity contribution in [2.45, 2.75) is 201 Å². The van der Waals surface area contributed by atoms with Crippen LogP contribution in [0.1, 0.15) is 165 Å². The molecular weight excluding hydrogens is 953 g/mol. The fourth-order valence-electron chi connectivity index (χ4n) is 8.89. The normalized spacial score (nSPS) is 21.9. The number of amides is 3. The van der Waals surface area contributed by atoms with Crippen LogP contribution in [0.2, 0.25) is 0 Å². The van der Waals surface area contributed by atoms with Gasteiger partial charge in [0.25, 0.3) is 0 Å². The van der Waals surface area contributed by atoms with E-state index in [1.165, 1.54) is 19.1 Å². The summed E-state index contributed by atoms with van der Waals surface area (Å²) in [6, 6.07) is 1.91. The molecule has 3 N–H and O–H groups in total. The van der Waals surface area contributed by atoms with Crippen molar-refractivity contribution in [2.24, 2.45) is 0 Å². The van der Waals surface area contributed by atoms with Crippen LogP contribution in [0.25, 0.3) is 0 Å². The number of carbonyl (C=O) groups is 4. The summed E-state index contributed by atoms with van der Waals surface area (Å²) < 4.78 is 0. The number of allylic oxidation sites excluding steroid dienone is 25. The third-order valence-electron chi connectivity index (χ3n) is 12.6. The van der Waals surface area contributed by atoms with E-state index in [4.69, 9.17) is 0 Å². The lowest BCUT2D eigenvalue weighted by Crippen LogP contribution is -2.59. The smallest absolute Gasteiger partial charge is 0.247 e. The fourth-order valence-corrected chi connectivity index (χ4v) is 8.89. The summed E-state index contributed by atoms with van der Waals surface area (Å²) >= 11 is 0. The largest absolute Gasteiger partial charge is 0.340 e. The molecule has 0 aliphatic carbocycles. The molecule has 77 heavy (non-hydrogen) atoms. The van der Waals surface area contributed by atoms with Crippen molar-refractivity contribution < 1.29 is 19.2 Å². The van der Waals surface area contributed by atoms with Crippen LogP contribution in [0, 0.1) is 0 Å². The summed E-state index contributed by atoms with van der Waals surface area (Å²) in [5.74, 6) is 0.0708. The number of nitrogens with one attached hydrogen (secondary N) is 3. The summed E-state index contributed by atoms with van der Waals surface area (Å²) in [7, 11) is 0. The Kier molecular flexibility index (Phi) is 43.2. The molecule has 0 aromatic carbocycles. The predicted molar refractivity (Wildman–Crippen MR) is 331 cm³/mol. The van der Waals surface area contributed by atoms with Gasteiger partial charge < -0.3 is 30.7 Å². The number of piperazine rings is 3. The van der Waals surface area contributed by atoms with Gasteiger partial charge in [0.05, 0.1) is 0 Å². The van der Waals surface area contributed by atoms with E-state index < -0.39 is 0 Å². The van der Waals surface area contributed by atoms with E-state index in [0.717, 1.165) is 110 Å². The van der Waals surface area contributed by atoms with Crippen LogP contribution >= 0.6 is 0 Å². The molecule has 10 nitrogen and oxygen atoms in total. The zero-order valence-electron chi connectivity index (χ0n) is 49.5. The van der Waals surface area contributed by atoms with Crippen molar-refractivity contribution in [1.82, 2.24) is 30.7 Å². The molecule has 0 bridgehead atoms. The van der Waals surface area contributed by atoms with Gasteiger partial charge in [-0.25, -0.2) is 0 Å². The molecule has 6 atom stereocenters. The molecule has 3 rings (SSSR count). The molecule has 3 fully saturated rings. The molecule has 0 aromatic rings. The molecule has 3 aliphatic heterocycles. The van der Waals surface area contributed by atoms with Crippen LogP contribution in [-0.2, 0) is 19.2 Å². The Morgan fingerprint density at radius 3 is 0.961 bits per heavy atom. The standard InChI is InChI=1S/C33H48N2O3.C28H44N2O.C6H14N2/c1-5-6-7-8-9-10-11-12-13-14-15-16-17-18-19-20-21-22-23-24-32(37)34-27-29(2)35(30(3)28-34)33(38)26-25-31(4)36;1-4-5-6-7-8-9-10-11-12-13-14-15-16-17-18-19-20-21-22-23-28(31)30-24-26(2)29-27(3)25-30;1-5-3-7-4-6(2)8-5/h6-7,9-10,12-13,15-16,18-19,21-22,25-26,29-30H,5,8,11,14,17,20,23-24,27-28H2,1-4H3;5-6,8-9,11-12,14-15,17-18,20-21,26-27,29H,4,7,10,13,16,19,22-25H2,1-3H3;5-8H,3-4H2,1-2H3/b7-6-,10-9-,13-12-,16-15-,19-18-,22-21-,26-25+;6-5-,9-8-,12-11-,15-14-,18-17-,21-20-;/t29-,30+;26-,27+;5-,6+. The lowest BCUT2D eigenvalue weighted by molar-refractivity contribution is -0.143. The Morgan fingerprint density at radius 1 is 0.390 bits per heavy atom. The van der Waals surface area contributed by atoms with Crippen LogP contribution in [0.5, 0.6) is 0 Å². The molecule has 3 amide bonds. The van der Waals surface area contributed by atoms with Gasteiger partial charge in [0, 0.05) is 94.4 Å². The van der Waals surface area contributed by atoms with Gasteiger partial charge in [0.15, 0.2) is 5.78 Å². The second-order valence-corrected chi connectivity index (χ2v) is 20.5. The van der Waals surface area contributed by atoms with Gasteiger partial charge in [-0.05, 0) is 144 Å². The van der Waals surface area contributed by atoms with Gasteiger partial charge >= 0.3 is 0 Å². The molecule has 3 heterocycles. The summed E-state index contributed by atoms with van der Waals surface area (Å²) in [6.07, 6.45) is 69.7. The zero-order chi connectivity index (χ0) is 56.6. The predicted octanol–water partition coefficient (Wildman–Crippen LogP) is 13.7. The topological polar surface area (TPSA) is 114 Å². The summed E-state index contributed by atoms with van der Waals surface area (Å²) in [5, 5.41) is 10.2. The van der Waals surface area contributed by atoms with Crippen molar-refractivity contribution >= 4 is 23.5 Å². The van der Waals surface area contributed by atoms with Crippen LogP contribution < -0.4 is 16.0 Å². The van der Waals surface area contributed by atoms with Gasteiger partial charge in [-0.1, -0.05) is 160 Å². The Balaban J connectivity index is 0.000000679. The van der Waals surface area contributed by atoms with Crippen LogP contribution in [-0.4, -0.2) is 114 Å². The van der Waals surface area contributed by atoms with Crippen LogP contribution in [0.15, 0.2) is 158 Å². The number of rotatable bonds is 30. The molecule has 3 saturated heterocycles. The highest BCUT2D eigenvalue weighted by Gasteiger charge is 2.33. The second kappa shape index (κ2) is 47.8. The van der Waals surface area contributed by atoms with E-state index in [1.807, 2.05) is 23.6 Å². The van der Waals surface area contributed by atoms with Gasteiger partial charge in [-0.2, -0.15) is 0 Å². The molecule has 0 spiro atoms. The van der Waals surface area contributed by atoms with Crippen molar-refractivity contribution in [3.8, 4) is 0 Å². The first-order valence-electron chi connectivity index (χ1n) is 29.4. The highest BCUT2D eigenvalue weighted by molar-refractivity contribution is 5.97. The van der Waals surface area contributed by atoms with Crippen molar-refractivity contribution in [2.75, 3.05) is 39.3 Å². The van der Waals surface area contributed by atoms with Gasteiger partial charge in [0.1, 0.15) is 0 Å². The minimum Gasteiger partial charge on any atom is -0.340 e. The van der Waals surface area contributed by atoms with Gasteiger partial charge in [-0.15, -0.1) is 0 Å². The molecule has 0 radical (unpaired) electrons. The average molecular weight is 1060 g/mol. The summed E-state index contributed by atoms with van der Waals surface area (Å²) in [6.45, 7) is 23.2. The van der Waals surface area contributed by atoms with E-state index in [-0.39, 0.29) is 35.6 Å². The highest BCUT2D eigenvalue weighted by Crippen LogP contribution is 2.18. The Hall–Kier alpha value is -5.42. The maximum atomic E-state index is 12.7. The highest BCUT2D eigenvalue weighted by atomic mass is 16.2. The van der Waals surface area contributed by atoms with Crippen molar-refractivity contribution in [3.63, 3.8) is 0 Å². The van der Waals surface area contributed by atoms with Crippen LogP contribution in [0.4, 0.5) is 0 Å². The quantitative estimate of drug-likeness (QED) is 0.0485. The Labute approximate surface area is 469 Å². The van der Waals surface area contributed by atoms with Gasteiger partial charge in [-0.3, -0.25) is 19.2 Å². The average Bonchev–Trinajstić information content (AvgIpc) is 3.39. The van der Waals surface area contributed by atoms with Crippen LogP contribution in [0.3, 0.4) is 0 Å². The minimum atomic E-state index is -0.176. The molecule has 10 heteroatoms. The SMILES string of the molecule is CC/C=C\C/C=C\C/C=C\C/C=C\C/C=C\C/C=C\CCC(=O)N1C[C@@H](C)N(C(=O)/C=C/C(C)=O)[C@@H](C)C1.CC/C=C\C/C=C\C/C=C\C/C=C\C/C=C\C/C=C\CCC(=O)N1C[C@@H](C)N[C@@H](C)C1.C[C@@H]1CNC[C@H](C)N1. The second-order valence-electron chi connectivity index (χ2n) is 20.5. The summed E-state index contributed by atoms with van der Waals surface area (Å²) in [4.78, 5) is 54.1. The van der Waals surface area contributed by atoms with Crippen molar-refractivity contribution in [1.29, 1.82) is 0 Å². The van der Waals surface area contributed by atoms with E-state index >= 15 is 0 Å². The first kappa shape index (κ1) is 69.6. The monoisotopic (exact) mass is 1060 g/mol. The number of hydrogen-bond acceptors (Lipinski definition) is 7. The molecule has 0 unspecified atom stereocenters. The number of hydrogen-bond donors (Lipinski definition) is 3. The van der Waals surface area contributed by atoms with E-state index in [9.17, 15) is 19.2 Å². The summed E-state index contributed by atoms with van der Waals surface area (Å²) in [5.41, 5.74) is 0. The molecule has 0 saturated carbocycles. The third kappa shape index (κ3) is 39.6. The van der Waals surface area contributed by atoms with Gasteiger partial charge in [0.2, 0.25) is 17.7 Å². The Morgan fingerprint density at radius 2 is 0.675 bits per heavy atom. The first-order valence-corrected chi connectivity index (χ1v) is 29.4. The third-order valence-corrected chi connectivity index (χ3v) is 12.6. The minimum absolute atomic E-state index is 0.0855. The maximum absolute atomic E-state index is 12.7. The Bertz CT molecular complexity index is 1970. The molecule has 3 aliphatic rings. The lowest BCUT2D eigenvalue weighted by atomic mass is 10.1. The lowest BCUT2D eigenvalue weighted by Gasteiger charge is -2.44. The first-order chi connectivity index (χ1) is 37.3. The number of nitrogens with zero attached hydrogens (tertiary/aromatic N) is 3. The van der Waals surface area contributed by atoms with E-state index in [1.54, 1.807) is 4.90 Å². The fraction of sp³-hybridized carbons (Fsp3) is 0.552. The maximum Gasteiger partial charge on any atom is 0.247 e. The van der Waals surface area contributed by atoms with Crippen molar-refractivity contribution in [3.05, 3.63) is 158 Å². The number of ketones is 1. The number of carbonyl (C=O) groups excluding carboxylic acids is 4. The van der Waals surface area contributed by atoms with E-state index in [0.29, 0.717) is 56.5 Å².